The van der Waals surface area contributed by atoms with E-state index in [1.54, 1.807) is 0 Å². The number of nitrogens with one attached hydrogen (secondary N) is 1. The van der Waals surface area contributed by atoms with Crippen LogP contribution in [0.1, 0.15) is 33.5 Å². The Hall–Kier alpha value is -3.17. The summed E-state index contributed by atoms with van der Waals surface area (Å²) in [6.45, 7) is 3.07. The Labute approximate surface area is 177 Å². The topological polar surface area (TPSA) is 36.1 Å². The molecule has 1 saturated heterocycles. The fraction of sp³-hybridized carbons (Fsp3) is 0.222. The molecule has 3 heteroatoms. The summed E-state index contributed by atoms with van der Waals surface area (Å²) in [6, 6.07) is 28.1. The third-order valence-corrected chi connectivity index (χ3v) is 6.52. The van der Waals surface area contributed by atoms with E-state index in [9.17, 15) is 4.79 Å². The van der Waals surface area contributed by atoms with Gasteiger partial charge in [-0.15, -0.1) is 0 Å². The molecule has 1 aliphatic heterocycles. The molecule has 0 bridgehead atoms. The predicted molar refractivity (Wildman–Crippen MR) is 122 cm³/mol. The van der Waals surface area contributed by atoms with Gasteiger partial charge in [0.05, 0.1) is 0 Å². The number of aldehydes is 1. The maximum atomic E-state index is 11.5. The lowest BCUT2D eigenvalue weighted by atomic mass is 9.74. The number of carbonyl (C=O) groups is 1. The van der Waals surface area contributed by atoms with E-state index in [4.69, 9.17) is 0 Å². The largest absolute Gasteiger partial charge is 0.360 e. The summed E-state index contributed by atoms with van der Waals surface area (Å²) < 4.78 is 0. The van der Waals surface area contributed by atoms with E-state index in [1.807, 2.05) is 6.20 Å². The van der Waals surface area contributed by atoms with E-state index >= 15 is 0 Å². The van der Waals surface area contributed by atoms with Crippen molar-refractivity contribution in [2.45, 2.75) is 24.8 Å². The Morgan fingerprint density at radius 2 is 1.67 bits per heavy atom. The molecule has 1 unspecified atom stereocenters. The third kappa shape index (κ3) is 3.57. The van der Waals surface area contributed by atoms with Gasteiger partial charge in [0.1, 0.15) is 0 Å². The number of hydrogen-bond donors (Lipinski definition) is 1. The van der Waals surface area contributed by atoms with Crippen LogP contribution in [0.5, 0.6) is 0 Å². The summed E-state index contributed by atoms with van der Waals surface area (Å²) in [5, 5.41) is 1.02. The molecule has 3 nitrogen and oxygen atoms in total. The summed E-state index contributed by atoms with van der Waals surface area (Å²) in [5.74, 6) is 0. The Morgan fingerprint density at radius 3 is 2.40 bits per heavy atom. The second kappa shape index (κ2) is 7.92. The summed E-state index contributed by atoms with van der Waals surface area (Å²) >= 11 is 0. The SMILES string of the molecule is O=Cc1c[nH]c2ccc(C3(Cc4ccccc4)CCN(Cc4ccccc4)C3)cc12. The fourth-order valence-electron chi connectivity index (χ4n) is 4.97. The lowest BCUT2D eigenvalue weighted by molar-refractivity contribution is 0.112. The average Bonchev–Trinajstić information content (AvgIpc) is 3.39. The van der Waals surface area contributed by atoms with Crippen LogP contribution in [0.25, 0.3) is 10.9 Å². The van der Waals surface area contributed by atoms with E-state index in [2.05, 4.69) is 88.7 Å². The van der Waals surface area contributed by atoms with Crippen molar-refractivity contribution in [2.24, 2.45) is 0 Å². The third-order valence-electron chi connectivity index (χ3n) is 6.52. The normalized spacial score (nSPS) is 19.3. The summed E-state index contributed by atoms with van der Waals surface area (Å²) in [7, 11) is 0. The number of carbonyl (C=O) groups excluding carboxylic acids is 1. The molecule has 0 amide bonds. The van der Waals surface area contributed by atoms with Crippen LogP contribution < -0.4 is 0 Å². The van der Waals surface area contributed by atoms with Gasteiger partial charge in [-0.2, -0.15) is 0 Å². The van der Waals surface area contributed by atoms with E-state index in [1.165, 1.54) is 16.7 Å². The van der Waals surface area contributed by atoms with Gasteiger partial charge in [-0.25, -0.2) is 0 Å². The van der Waals surface area contributed by atoms with Crippen molar-refractivity contribution in [3.63, 3.8) is 0 Å². The lowest BCUT2D eigenvalue weighted by Gasteiger charge is -2.31. The standard InChI is InChI=1S/C27H26N2O/c30-19-23-17-28-26-12-11-24(15-25(23)26)27(16-21-7-3-1-4-8-21)13-14-29(20-27)18-22-9-5-2-6-10-22/h1-12,15,17,19,28H,13-14,16,18,20H2. The van der Waals surface area contributed by atoms with Gasteiger partial charge in [0, 0.05) is 41.2 Å². The molecule has 4 aromatic rings. The molecule has 150 valence electrons. The number of benzene rings is 3. The molecule has 1 N–H and O–H groups in total. The predicted octanol–water partition coefficient (Wildman–Crippen LogP) is 5.37. The van der Waals surface area contributed by atoms with Crippen molar-refractivity contribution >= 4 is 17.2 Å². The fourth-order valence-corrected chi connectivity index (χ4v) is 4.97. The first-order valence-corrected chi connectivity index (χ1v) is 10.6. The molecule has 1 fully saturated rings. The summed E-state index contributed by atoms with van der Waals surface area (Å²) in [6.07, 6.45) is 4.87. The molecule has 1 aliphatic rings. The van der Waals surface area contributed by atoms with Gasteiger partial charge >= 0.3 is 0 Å². The van der Waals surface area contributed by atoms with Crippen LogP contribution in [0, 0.1) is 0 Å². The molecule has 0 aliphatic carbocycles. The van der Waals surface area contributed by atoms with E-state index in [0.717, 1.165) is 55.2 Å². The van der Waals surface area contributed by atoms with Crippen LogP contribution in [-0.2, 0) is 18.4 Å². The van der Waals surface area contributed by atoms with Crippen molar-refractivity contribution in [1.82, 2.24) is 9.88 Å². The number of rotatable bonds is 6. The highest BCUT2D eigenvalue weighted by molar-refractivity contribution is 5.97. The Kier molecular flexibility index (Phi) is 4.97. The van der Waals surface area contributed by atoms with E-state index < -0.39 is 0 Å². The van der Waals surface area contributed by atoms with Crippen LogP contribution >= 0.6 is 0 Å². The lowest BCUT2D eigenvalue weighted by Crippen LogP contribution is -2.33. The minimum absolute atomic E-state index is 0.0434. The molecular weight excluding hydrogens is 368 g/mol. The van der Waals surface area contributed by atoms with Gasteiger partial charge < -0.3 is 4.98 Å². The zero-order valence-electron chi connectivity index (χ0n) is 17.1. The number of nitrogens with zero attached hydrogens (tertiary/aromatic N) is 1. The zero-order valence-corrected chi connectivity index (χ0v) is 17.1. The molecular formula is C27H26N2O. The van der Waals surface area contributed by atoms with Gasteiger partial charge in [-0.3, -0.25) is 9.69 Å². The second-order valence-electron chi connectivity index (χ2n) is 8.51. The van der Waals surface area contributed by atoms with Gasteiger partial charge in [0.2, 0.25) is 0 Å². The Balaban J connectivity index is 1.51. The van der Waals surface area contributed by atoms with Gasteiger partial charge in [-0.1, -0.05) is 66.7 Å². The minimum Gasteiger partial charge on any atom is -0.360 e. The molecule has 1 atom stereocenters. The summed E-state index contributed by atoms with van der Waals surface area (Å²) in [5.41, 5.74) is 5.86. The maximum absolute atomic E-state index is 11.5. The second-order valence-corrected chi connectivity index (χ2v) is 8.51. The van der Waals surface area contributed by atoms with Gasteiger partial charge in [0.15, 0.2) is 6.29 Å². The van der Waals surface area contributed by atoms with Crippen molar-refractivity contribution in [1.29, 1.82) is 0 Å². The highest BCUT2D eigenvalue weighted by Crippen LogP contribution is 2.39. The number of likely N-dealkylation sites (tertiary alicyclic amines) is 1. The van der Waals surface area contributed by atoms with Crippen molar-refractivity contribution in [3.8, 4) is 0 Å². The first-order valence-electron chi connectivity index (χ1n) is 10.6. The zero-order chi connectivity index (χ0) is 20.4. The summed E-state index contributed by atoms with van der Waals surface area (Å²) in [4.78, 5) is 17.3. The maximum Gasteiger partial charge on any atom is 0.152 e. The van der Waals surface area contributed by atoms with E-state index in [-0.39, 0.29) is 5.41 Å². The monoisotopic (exact) mass is 394 g/mol. The first-order chi connectivity index (χ1) is 14.8. The average molecular weight is 395 g/mol. The molecule has 3 aromatic carbocycles. The molecule has 30 heavy (non-hydrogen) atoms. The molecule has 2 heterocycles. The number of fused-ring (bicyclic) bond motifs is 1. The number of hydrogen-bond acceptors (Lipinski definition) is 2. The molecule has 0 spiro atoms. The Morgan fingerprint density at radius 1 is 0.933 bits per heavy atom. The first kappa shape index (κ1) is 18.8. The van der Waals surface area contributed by atoms with Crippen LogP contribution in [0.2, 0.25) is 0 Å². The number of aromatic amines is 1. The van der Waals surface area contributed by atoms with Crippen molar-refractivity contribution < 1.29 is 4.79 Å². The van der Waals surface area contributed by atoms with Crippen LogP contribution in [0.4, 0.5) is 0 Å². The van der Waals surface area contributed by atoms with Gasteiger partial charge in [-0.05, 0) is 48.2 Å². The quantitative estimate of drug-likeness (QED) is 0.447. The molecule has 0 radical (unpaired) electrons. The molecule has 5 rings (SSSR count). The van der Waals surface area contributed by atoms with Crippen LogP contribution in [0.3, 0.4) is 0 Å². The number of H-pyrrole nitrogens is 1. The van der Waals surface area contributed by atoms with Crippen molar-refractivity contribution in [2.75, 3.05) is 13.1 Å². The smallest absolute Gasteiger partial charge is 0.152 e. The van der Waals surface area contributed by atoms with E-state index in [0.29, 0.717) is 0 Å². The Bertz CT molecular complexity index is 1150. The minimum atomic E-state index is 0.0434. The van der Waals surface area contributed by atoms with Crippen molar-refractivity contribution in [3.05, 3.63) is 107 Å². The number of aromatic nitrogens is 1. The van der Waals surface area contributed by atoms with Crippen LogP contribution in [0.15, 0.2) is 85.1 Å². The van der Waals surface area contributed by atoms with Crippen LogP contribution in [-0.4, -0.2) is 29.3 Å². The van der Waals surface area contributed by atoms with Gasteiger partial charge in [0.25, 0.3) is 0 Å². The highest BCUT2D eigenvalue weighted by Gasteiger charge is 2.39. The molecule has 0 saturated carbocycles. The highest BCUT2D eigenvalue weighted by atomic mass is 16.1. The molecule has 1 aromatic heterocycles.